The van der Waals surface area contributed by atoms with Gasteiger partial charge >= 0.3 is 0 Å². The summed E-state index contributed by atoms with van der Waals surface area (Å²) in [5.41, 5.74) is 5.11. The molecule has 0 bridgehead atoms. The largest absolute Gasteiger partial charge is 0.508 e. The minimum Gasteiger partial charge on any atom is -0.508 e. The smallest absolute Gasteiger partial charge is 0.120 e. The molecule has 3 aromatic rings. The van der Waals surface area contributed by atoms with Gasteiger partial charge in [0.25, 0.3) is 0 Å². The molecular weight excluding hydrogens is 334 g/mol. The van der Waals surface area contributed by atoms with Crippen LogP contribution in [0.2, 0.25) is 0 Å². The van der Waals surface area contributed by atoms with Gasteiger partial charge in [-0.3, -0.25) is 4.98 Å². The third-order valence-corrected chi connectivity index (χ3v) is 4.84. The van der Waals surface area contributed by atoms with Crippen LogP contribution in [0.25, 0.3) is 10.9 Å². The second-order valence-electron chi connectivity index (χ2n) is 7.29. The van der Waals surface area contributed by atoms with E-state index in [1.807, 2.05) is 24.4 Å². The number of unbranched alkanes of at least 4 members (excludes halogenated alkanes) is 2. The second kappa shape index (κ2) is 8.87. The Labute approximate surface area is 161 Å². The third kappa shape index (κ3) is 4.98. The van der Waals surface area contributed by atoms with Crippen molar-refractivity contribution in [2.75, 3.05) is 18.9 Å². The maximum Gasteiger partial charge on any atom is 0.120 e. The van der Waals surface area contributed by atoms with E-state index in [4.69, 9.17) is 0 Å². The molecular formula is C23H29N3O. The first-order valence-corrected chi connectivity index (χ1v) is 9.69. The van der Waals surface area contributed by atoms with Gasteiger partial charge in [0.15, 0.2) is 0 Å². The molecule has 27 heavy (non-hydrogen) atoms. The highest BCUT2D eigenvalue weighted by atomic mass is 16.3. The Kier molecular flexibility index (Phi) is 6.30. The molecule has 3 rings (SSSR count). The number of pyridine rings is 1. The number of hydrogen-bond acceptors (Lipinski definition) is 4. The molecule has 142 valence electrons. The number of aromatic nitrogens is 1. The fraction of sp³-hybridized carbons (Fsp3) is 0.348. The fourth-order valence-electron chi connectivity index (χ4n) is 3.31. The molecule has 2 aromatic carbocycles. The van der Waals surface area contributed by atoms with Crippen LogP contribution in [0.5, 0.6) is 5.75 Å². The van der Waals surface area contributed by atoms with E-state index in [1.165, 1.54) is 24.8 Å². The summed E-state index contributed by atoms with van der Waals surface area (Å²) in [6, 6.07) is 14.0. The molecule has 0 unspecified atom stereocenters. The molecule has 1 aromatic heterocycles. The van der Waals surface area contributed by atoms with E-state index in [0.717, 1.165) is 40.9 Å². The van der Waals surface area contributed by atoms with Crippen molar-refractivity contribution in [2.24, 2.45) is 0 Å². The Morgan fingerprint density at radius 3 is 2.74 bits per heavy atom. The van der Waals surface area contributed by atoms with Gasteiger partial charge in [-0.15, -0.1) is 0 Å². The first kappa shape index (κ1) is 19.2. The lowest BCUT2D eigenvalue weighted by Gasteiger charge is -2.18. The molecule has 0 saturated heterocycles. The minimum atomic E-state index is 0.345. The predicted molar refractivity (Wildman–Crippen MR) is 114 cm³/mol. The zero-order chi connectivity index (χ0) is 19.2. The van der Waals surface area contributed by atoms with Gasteiger partial charge in [-0.05, 0) is 62.8 Å². The van der Waals surface area contributed by atoms with Gasteiger partial charge in [-0.25, -0.2) is 0 Å². The van der Waals surface area contributed by atoms with Gasteiger partial charge in [-0.1, -0.05) is 31.9 Å². The number of aromatic hydroxyl groups is 1. The topological polar surface area (TPSA) is 48.4 Å². The highest BCUT2D eigenvalue weighted by molar-refractivity contribution is 5.93. The maximum atomic E-state index is 10.3. The number of nitrogens with zero attached hydrogens (tertiary/aromatic N) is 2. The van der Waals surface area contributed by atoms with Gasteiger partial charge < -0.3 is 15.3 Å². The molecule has 1 heterocycles. The van der Waals surface area contributed by atoms with Crippen LogP contribution in [0, 0.1) is 6.92 Å². The van der Waals surface area contributed by atoms with Gasteiger partial charge in [0, 0.05) is 35.1 Å². The average molecular weight is 364 g/mol. The predicted octanol–water partition coefficient (Wildman–Crippen LogP) is 5.61. The number of rotatable bonds is 8. The van der Waals surface area contributed by atoms with Crippen molar-refractivity contribution < 1.29 is 5.11 Å². The zero-order valence-electron chi connectivity index (χ0n) is 16.5. The Balaban J connectivity index is 1.78. The summed E-state index contributed by atoms with van der Waals surface area (Å²) in [5, 5.41) is 14.8. The minimum absolute atomic E-state index is 0.345. The number of phenolic OH excluding ortho intramolecular Hbond substituents is 1. The van der Waals surface area contributed by atoms with E-state index in [9.17, 15) is 5.11 Å². The van der Waals surface area contributed by atoms with Crippen molar-refractivity contribution in [3.63, 3.8) is 0 Å². The highest BCUT2D eigenvalue weighted by Gasteiger charge is 2.08. The number of benzene rings is 2. The van der Waals surface area contributed by atoms with Crippen LogP contribution >= 0.6 is 0 Å². The number of phenols is 1. The van der Waals surface area contributed by atoms with Crippen LogP contribution in [0.3, 0.4) is 0 Å². The van der Waals surface area contributed by atoms with Crippen LogP contribution in [0.4, 0.5) is 11.4 Å². The van der Waals surface area contributed by atoms with Crippen molar-refractivity contribution in [1.82, 2.24) is 9.88 Å². The normalized spacial score (nSPS) is 11.3. The van der Waals surface area contributed by atoms with Crippen LogP contribution in [0.1, 0.15) is 37.3 Å². The number of aryl methyl sites for hydroxylation is 1. The molecule has 0 saturated carbocycles. The summed E-state index contributed by atoms with van der Waals surface area (Å²) < 4.78 is 0. The first-order valence-electron chi connectivity index (χ1n) is 9.69. The lowest BCUT2D eigenvalue weighted by Crippen LogP contribution is -2.19. The van der Waals surface area contributed by atoms with Gasteiger partial charge in [-0.2, -0.15) is 0 Å². The molecule has 4 nitrogen and oxygen atoms in total. The van der Waals surface area contributed by atoms with E-state index in [-0.39, 0.29) is 0 Å². The molecule has 0 radical (unpaired) electrons. The van der Waals surface area contributed by atoms with Gasteiger partial charge in [0.1, 0.15) is 5.75 Å². The Bertz CT molecular complexity index is 907. The number of nitrogens with one attached hydrogen (secondary N) is 1. The van der Waals surface area contributed by atoms with E-state index in [1.54, 1.807) is 6.07 Å². The molecule has 0 aliphatic heterocycles. The Hall–Kier alpha value is -2.59. The lowest BCUT2D eigenvalue weighted by molar-refractivity contribution is 0.312. The summed E-state index contributed by atoms with van der Waals surface area (Å²) in [4.78, 5) is 6.73. The Morgan fingerprint density at radius 2 is 1.93 bits per heavy atom. The van der Waals surface area contributed by atoms with Gasteiger partial charge in [0.2, 0.25) is 0 Å². The molecule has 0 amide bonds. The molecule has 2 N–H and O–H groups in total. The number of anilines is 2. The van der Waals surface area contributed by atoms with Crippen molar-refractivity contribution >= 4 is 22.3 Å². The number of hydrogen-bond donors (Lipinski definition) is 2. The molecule has 0 spiro atoms. The van der Waals surface area contributed by atoms with Crippen molar-refractivity contribution in [3.8, 4) is 5.75 Å². The van der Waals surface area contributed by atoms with Crippen LogP contribution in [0.15, 0.2) is 48.7 Å². The fourth-order valence-corrected chi connectivity index (χ4v) is 3.31. The van der Waals surface area contributed by atoms with Crippen LogP contribution in [-0.4, -0.2) is 28.6 Å². The third-order valence-electron chi connectivity index (χ3n) is 4.84. The maximum absolute atomic E-state index is 10.3. The summed E-state index contributed by atoms with van der Waals surface area (Å²) in [7, 11) is 2.11. The summed E-state index contributed by atoms with van der Waals surface area (Å²) in [5.74, 6) is 0.345. The summed E-state index contributed by atoms with van der Waals surface area (Å²) in [6.07, 6.45) is 5.48. The summed E-state index contributed by atoms with van der Waals surface area (Å²) in [6.45, 7) is 6.07. The van der Waals surface area contributed by atoms with Crippen molar-refractivity contribution in [1.29, 1.82) is 0 Å². The molecule has 0 fully saturated rings. The van der Waals surface area contributed by atoms with Gasteiger partial charge in [0.05, 0.1) is 5.52 Å². The van der Waals surface area contributed by atoms with Crippen molar-refractivity contribution in [3.05, 3.63) is 59.8 Å². The average Bonchev–Trinajstić information content (AvgIpc) is 2.64. The van der Waals surface area contributed by atoms with Crippen LogP contribution < -0.4 is 5.32 Å². The van der Waals surface area contributed by atoms with Crippen LogP contribution in [-0.2, 0) is 6.54 Å². The number of fused-ring (bicyclic) bond motifs is 1. The standard InChI is InChI=1S/C23H29N3O/c1-4-5-6-13-26(3)16-18-15-19(8-10-23(18)27)25-21-11-12-24-22-14-17(2)7-9-20(21)22/h7-12,14-15,27H,4-6,13,16H2,1-3H3,(H,24,25). The van der Waals surface area contributed by atoms with E-state index < -0.39 is 0 Å². The lowest BCUT2D eigenvalue weighted by atomic mass is 10.1. The van der Waals surface area contributed by atoms with E-state index in [2.05, 4.69) is 54.3 Å². The van der Waals surface area contributed by atoms with E-state index in [0.29, 0.717) is 5.75 Å². The van der Waals surface area contributed by atoms with Crippen molar-refractivity contribution in [2.45, 2.75) is 39.7 Å². The zero-order valence-corrected chi connectivity index (χ0v) is 16.5. The molecule has 0 aliphatic carbocycles. The molecule has 0 aliphatic rings. The van der Waals surface area contributed by atoms with E-state index >= 15 is 0 Å². The second-order valence-corrected chi connectivity index (χ2v) is 7.29. The Morgan fingerprint density at radius 1 is 1.07 bits per heavy atom. The monoisotopic (exact) mass is 363 g/mol. The molecule has 0 atom stereocenters. The highest BCUT2D eigenvalue weighted by Crippen LogP contribution is 2.29. The molecule has 4 heteroatoms. The quantitative estimate of drug-likeness (QED) is 0.403. The first-order chi connectivity index (χ1) is 13.1. The summed E-state index contributed by atoms with van der Waals surface area (Å²) >= 11 is 0. The SMILES string of the molecule is CCCCCN(C)Cc1cc(Nc2ccnc3cc(C)ccc23)ccc1O.